The number of aromatic nitrogens is 2. The molecule has 0 spiro atoms. The zero-order valence-corrected chi connectivity index (χ0v) is 11.5. The smallest absolute Gasteiger partial charge is 0.182 e. The number of sulfone groups is 1. The Kier molecular flexibility index (Phi) is 4.03. The second kappa shape index (κ2) is 4.95. The van der Waals surface area contributed by atoms with Gasteiger partial charge >= 0.3 is 0 Å². The van der Waals surface area contributed by atoms with Gasteiger partial charge in [-0.25, -0.2) is 13.1 Å². The van der Waals surface area contributed by atoms with Crippen LogP contribution >= 0.6 is 0 Å². The molecule has 0 saturated carbocycles. The van der Waals surface area contributed by atoms with E-state index in [0.29, 0.717) is 12.4 Å². The highest BCUT2D eigenvalue weighted by atomic mass is 32.2. The summed E-state index contributed by atoms with van der Waals surface area (Å²) >= 11 is 0. The Morgan fingerprint density at radius 1 is 1.47 bits per heavy atom. The molecule has 1 aromatic heterocycles. The van der Waals surface area contributed by atoms with Crippen LogP contribution in [0.2, 0.25) is 0 Å². The summed E-state index contributed by atoms with van der Waals surface area (Å²) in [6.07, 6.45) is 2.03. The second-order valence-electron chi connectivity index (χ2n) is 4.30. The van der Waals surface area contributed by atoms with Crippen LogP contribution in [0.5, 0.6) is 0 Å². The quantitative estimate of drug-likeness (QED) is 0.832. The maximum Gasteiger partial charge on any atom is 0.182 e. The molecule has 0 atom stereocenters. The molecule has 7 heteroatoms. The number of nitrogens with zero attached hydrogens (tertiary/aromatic N) is 2. The normalized spacial score (nSPS) is 12.1. The van der Waals surface area contributed by atoms with Gasteiger partial charge in [-0.1, -0.05) is 6.92 Å². The lowest BCUT2D eigenvalue weighted by Gasteiger charge is -2.06. The number of hydrogen-bond acceptors (Lipinski definition) is 5. The topological polar surface area (TPSA) is 90.0 Å². The Morgan fingerprint density at radius 2 is 2.06 bits per heavy atom. The van der Waals surface area contributed by atoms with Crippen molar-refractivity contribution in [2.75, 3.05) is 23.9 Å². The summed E-state index contributed by atoms with van der Waals surface area (Å²) in [5.74, 6) is 0.543. The van der Waals surface area contributed by atoms with Crippen LogP contribution in [0, 0.1) is 0 Å². The van der Waals surface area contributed by atoms with Crippen molar-refractivity contribution in [3.05, 3.63) is 0 Å². The van der Waals surface area contributed by atoms with Gasteiger partial charge in [0.05, 0.1) is 0 Å². The molecular formula is C10H20N4O2S. The van der Waals surface area contributed by atoms with Crippen LogP contribution in [0.25, 0.3) is 0 Å². The molecule has 98 valence electrons. The standard InChI is InChI=1S/C10H20N4O2S/c1-5-6-12-10-8(17(4,15)16)9(11)14(13-10)7(2)3/h7H,5-6,11H2,1-4H3,(H,12,13). The third-order valence-electron chi connectivity index (χ3n) is 2.30. The molecule has 0 fully saturated rings. The number of nitrogens with one attached hydrogen (secondary N) is 1. The van der Waals surface area contributed by atoms with Crippen molar-refractivity contribution in [3.63, 3.8) is 0 Å². The molecule has 0 aromatic carbocycles. The highest BCUT2D eigenvalue weighted by Crippen LogP contribution is 2.29. The zero-order chi connectivity index (χ0) is 13.2. The third-order valence-corrected chi connectivity index (χ3v) is 3.45. The van der Waals surface area contributed by atoms with Gasteiger partial charge in [-0.05, 0) is 20.3 Å². The lowest BCUT2D eigenvalue weighted by Crippen LogP contribution is -2.09. The van der Waals surface area contributed by atoms with Gasteiger partial charge in [-0.2, -0.15) is 5.10 Å². The van der Waals surface area contributed by atoms with Gasteiger partial charge in [-0.3, -0.25) is 0 Å². The minimum atomic E-state index is -3.38. The van der Waals surface area contributed by atoms with Crippen molar-refractivity contribution in [3.8, 4) is 0 Å². The summed E-state index contributed by atoms with van der Waals surface area (Å²) < 4.78 is 24.9. The molecule has 0 aliphatic rings. The molecule has 0 aliphatic carbocycles. The fourth-order valence-electron chi connectivity index (χ4n) is 1.55. The summed E-state index contributed by atoms with van der Waals surface area (Å²) in [5.41, 5.74) is 5.84. The number of nitrogens with two attached hydrogens (primary N) is 1. The first-order chi connectivity index (χ1) is 7.79. The molecule has 0 radical (unpaired) electrons. The van der Waals surface area contributed by atoms with Gasteiger partial charge in [-0.15, -0.1) is 0 Å². The molecule has 3 N–H and O–H groups in total. The Bertz CT molecular complexity index is 491. The van der Waals surface area contributed by atoms with Crippen LogP contribution in [-0.2, 0) is 9.84 Å². The third kappa shape index (κ3) is 2.91. The minimum absolute atomic E-state index is 0.0210. The van der Waals surface area contributed by atoms with Gasteiger partial charge in [0, 0.05) is 18.8 Å². The molecular weight excluding hydrogens is 240 g/mol. The van der Waals surface area contributed by atoms with Crippen LogP contribution in [0.4, 0.5) is 11.6 Å². The van der Waals surface area contributed by atoms with Gasteiger partial charge < -0.3 is 11.1 Å². The highest BCUT2D eigenvalue weighted by molar-refractivity contribution is 7.91. The summed E-state index contributed by atoms with van der Waals surface area (Å²) in [6, 6.07) is 0.0210. The van der Waals surface area contributed by atoms with Gasteiger partial charge in [0.1, 0.15) is 5.82 Å². The summed E-state index contributed by atoms with van der Waals surface area (Å²) in [4.78, 5) is 0.0969. The SMILES string of the molecule is CCCNc1nn(C(C)C)c(N)c1S(C)(=O)=O. The predicted molar refractivity (Wildman–Crippen MR) is 68.9 cm³/mol. The Morgan fingerprint density at radius 3 is 2.47 bits per heavy atom. The molecule has 1 heterocycles. The first kappa shape index (κ1) is 13.8. The summed E-state index contributed by atoms with van der Waals surface area (Å²) in [5, 5.41) is 7.21. The van der Waals surface area contributed by atoms with Crippen molar-refractivity contribution in [1.82, 2.24) is 9.78 Å². The van der Waals surface area contributed by atoms with Crippen LogP contribution < -0.4 is 11.1 Å². The average Bonchev–Trinajstić information content (AvgIpc) is 2.51. The summed E-state index contributed by atoms with van der Waals surface area (Å²) in [6.45, 7) is 6.46. The van der Waals surface area contributed by atoms with Gasteiger partial charge in [0.2, 0.25) is 0 Å². The fourth-order valence-corrected chi connectivity index (χ4v) is 2.49. The molecule has 6 nitrogen and oxygen atoms in total. The first-order valence-electron chi connectivity index (χ1n) is 5.61. The molecule has 0 amide bonds. The van der Waals surface area contributed by atoms with E-state index in [1.807, 2.05) is 20.8 Å². The lowest BCUT2D eigenvalue weighted by molar-refractivity contribution is 0.541. The second-order valence-corrected chi connectivity index (χ2v) is 6.25. The van der Waals surface area contributed by atoms with E-state index in [1.54, 1.807) is 0 Å². The van der Waals surface area contributed by atoms with Crippen molar-refractivity contribution in [2.24, 2.45) is 0 Å². The minimum Gasteiger partial charge on any atom is -0.383 e. The highest BCUT2D eigenvalue weighted by Gasteiger charge is 2.24. The number of hydrogen-bond donors (Lipinski definition) is 2. The van der Waals surface area contributed by atoms with Gasteiger partial charge in [0.25, 0.3) is 0 Å². The lowest BCUT2D eigenvalue weighted by atomic mass is 10.4. The molecule has 0 aliphatic heterocycles. The van der Waals surface area contributed by atoms with Crippen molar-refractivity contribution < 1.29 is 8.42 Å². The van der Waals surface area contributed by atoms with E-state index in [1.165, 1.54) is 4.68 Å². The van der Waals surface area contributed by atoms with Crippen molar-refractivity contribution in [1.29, 1.82) is 0 Å². The fraction of sp³-hybridized carbons (Fsp3) is 0.700. The number of anilines is 2. The molecule has 1 rings (SSSR count). The average molecular weight is 260 g/mol. The van der Waals surface area contributed by atoms with E-state index < -0.39 is 9.84 Å². The van der Waals surface area contributed by atoms with E-state index in [0.717, 1.165) is 12.7 Å². The molecule has 1 aromatic rings. The van der Waals surface area contributed by atoms with Crippen molar-refractivity contribution in [2.45, 2.75) is 38.1 Å². The number of rotatable bonds is 5. The van der Waals surface area contributed by atoms with E-state index in [-0.39, 0.29) is 16.8 Å². The van der Waals surface area contributed by atoms with E-state index in [4.69, 9.17) is 5.73 Å². The van der Waals surface area contributed by atoms with Crippen molar-refractivity contribution >= 4 is 21.5 Å². The van der Waals surface area contributed by atoms with E-state index in [2.05, 4.69) is 10.4 Å². The molecule has 17 heavy (non-hydrogen) atoms. The Hall–Kier alpha value is -1.24. The Balaban J connectivity index is 3.33. The molecule has 0 saturated heterocycles. The monoisotopic (exact) mass is 260 g/mol. The maximum atomic E-state index is 11.7. The predicted octanol–water partition coefficient (Wildman–Crippen LogP) is 1.27. The van der Waals surface area contributed by atoms with Gasteiger partial charge in [0.15, 0.2) is 20.6 Å². The van der Waals surface area contributed by atoms with Crippen LogP contribution in [-0.4, -0.2) is 31.0 Å². The van der Waals surface area contributed by atoms with Crippen LogP contribution in [0.1, 0.15) is 33.2 Å². The number of nitrogen functional groups attached to an aromatic ring is 1. The zero-order valence-electron chi connectivity index (χ0n) is 10.7. The van der Waals surface area contributed by atoms with E-state index in [9.17, 15) is 8.42 Å². The Labute approximate surface area is 102 Å². The van der Waals surface area contributed by atoms with Crippen LogP contribution in [0.3, 0.4) is 0 Å². The molecule has 0 unspecified atom stereocenters. The molecule has 0 bridgehead atoms. The van der Waals surface area contributed by atoms with Crippen LogP contribution in [0.15, 0.2) is 4.90 Å². The first-order valence-corrected chi connectivity index (χ1v) is 7.50. The maximum absolute atomic E-state index is 11.7. The largest absolute Gasteiger partial charge is 0.383 e. The van der Waals surface area contributed by atoms with E-state index >= 15 is 0 Å². The summed E-state index contributed by atoms with van der Waals surface area (Å²) in [7, 11) is -3.38.